The van der Waals surface area contributed by atoms with Gasteiger partial charge in [-0.2, -0.15) is 4.98 Å². The Morgan fingerprint density at radius 1 is 1.08 bits per heavy atom. The van der Waals surface area contributed by atoms with E-state index < -0.39 is 11.6 Å². The van der Waals surface area contributed by atoms with Crippen LogP contribution < -0.4 is 25.2 Å². The standard InChI is InChI=1S/C27H30F2N6O2/c1-16-24-25(34(3)17(2)26(36)32-24)33-27(31-16)30-15-18-4-6-22(7-5-18)37-23-8-10-35(11-9-23)21-13-19(28)12-20(29)14-21/h4-7,12-14,17,23H,8-11,15H2,1-3H3,(H,32,36)(H,30,31,33)/t17-/m0/s1. The first-order valence-corrected chi connectivity index (χ1v) is 12.4. The van der Waals surface area contributed by atoms with Crippen LogP contribution in [0.5, 0.6) is 5.75 Å². The molecule has 0 spiro atoms. The molecule has 3 aromatic rings. The molecule has 1 aromatic heterocycles. The Morgan fingerprint density at radius 2 is 1.76 bits per heavy atom. The average molecular weight is 509 g/mol. The number of hydrogen-bond acceptors (Lipinski definition) is 7. The second-order valence-electron chi connectivity index (χ2n) is 9.54. The summed E-state index contributed by atoms with van der Waals surface area (Å²) in [5, 5.41) is 6.15. The number of piperidine rings is 1. The second-order valence-corrected chi connectivity index (χ2v) is 9.54. The van der Waals surface area contributed by atoms with Crippen molar-refractivity contribution >= 4 is 29.0 Å². The molecule has 2 aliphatic rings. The lowest BCUT2D eigenvalue weighted by Crippen LogP contribution is -2.44. The summed E-state index contributed by atoms with van der Waals surface area (Å²) in [4.78, 5) is 25.0. The first kappa shape index (κ1) is 24.7. The van der Waals surface area contributed by atoms with E-state index in [4.69, 9.17) is 4.74 Å². The number of fused-ring (bicyclic) bond motifs is 1. The molecule has 10 heteroatoms. The van der Waals surface area contributed by atoms with Crippen molar-refractivity contribution in [2.75, 3.05) is 40.6 Å². The zero-order valence-corrected chi connectivity index (χ0v) is 21.1. The number of ether oxygens (including phenoxy) is 1. The van der Waals surface area contributed by atoms with Crippen LogP contribution in [0.25, 0.3) is 0 Å². The molecule has 1 atom stereocenters. The molecule has 2 aromatic carbocycles. The third-order valence-corrected chi connectivity index (χ3v) is 6.94. The Morgan fingerprint density at radius 3 is 2.43 bits per heavy atom. The number of aryl methyl sites for hydroxylation is 1. The molecule has 2 aliphatic heterocycles. The van der Waals surface area contributed by atoms with Gasteiger partial charge in [-0.05, 0) is 43.7 Å². The van der Waals surface area contributed by atoms with Crippen molar-refractivity contribution in [1.82, 2.24) is 9.97 Å². The normalized spacial score (nSPS) is 17.9. The predicted octanol–water partition coefficient (Wildman–Crippen LogP) is 4.50. The van der Waals surface area contributed by atoms with Crippen molar-refractivity contribution in [3.8, 4) is 5.75 Å². The third-order valence-electron chi connectivity index (χ3n) is 6.94. The minimum Gasteiger partial charge on any atom is -0.490 e. The van der Waals surface area contributed by atoms with Crippen molar-refractivity contribution < 1.29 is 18.3 Å². The van der Waals surface area contributed by atoms with E-state index in [0.29, 0.717) is 48.5 Å². The molecular formula is C27H30F2N6O2. The van der Waals surface area contributed by atoms with E-state index >= 15 is 0 Å². The summed E-state index contributed by atoms with van der Waals surface area (Å²) < 4.78 is 33.2. The fraction of sp³-hybridized carbons (Fsp3) is 0.370. The highest BCUT2D eigenvalue weighted by Gasteiger charge is 2.30. The van der Waals surface area contributed by atoms with E-state index in [1.807, 2.05) is 55.0 Å². The Labute approximate surface area is 214 Å². The topological polar surface area (TPSA) is 82.6 Å². The summed E-state index contributed by atoms with van der Waals surface area (Å²) >= 11 is 0. The lowest BCUT2D eigenvalue weighted by molar-refractivity contribution is -0.117. The monoisotopic (exact) mass is 508 g/mol. The van der Waals surface area contributed by atoms with E-state index in [-0.39, 0.29) is 18.1 Å². The molecular weight excluding hydrogens is 478 g/mol. The Bertz CT molecular complexity index is 1270. The fourth-order valence-corrected chi connectivity index (χ4v) is 4.64. The number of nitrogens with zero attached hydrogens (tertiary/aromatic N) is 4. The number of amides is 1. The average Bonchev–Trinajstić information content (AvgIpc) is 2.87. The van der Waals surface area contributed by atoms with Crippen LogP contribution in [0.15, 0.2) is 42.5 Å². The van der Waals surface area contributed by atoms with Crippen LogP contribution in [-0.4, -0.2) is 48.2 Å². The number of anilines is 4. The molecule has 0 unspecified atom stereocenters. The van der Waals surface area contributed by atoms with Gasteiger partial charge in [-0.15, -0.1) is 0 Å². The molecule has 8 nitrogen and oxygen atoms in total. The highest BCUT2D eigenvalue weighted by molar-refractivity contribution is 6.03. The molecule has 0 saturated carbocycles. The van der Waals surface area contributed by atoms with Gasteiger partial charge in [0, 0.05) is 51.3 Å². The summed E-state index contributed by atoms with van der Waals surface area (Å²) in [5.41, 5.74) is 2.96. The zero-order valence-electron chi connectivity index (χ0n) is 21.1. The summed E-state index contributed by atoms with van der Waals surface area (Å²) in [7, 11) is 1.85. The fourth-order valence-electron chi connectivity index (χ4n) is 4.64. The van der Waals surface area contributed by atoms with Crippen molar-refractivity contribution in [2.24, 2.45) is 0 Å². The molecule has 0 radical (unpaired) electrons. The van der Waals surface area contributed by atoms with Crippen LogP contribution in [0, 0.1) is 18.6 Å². The van der Waals surface area contributed by atoms with Gasteiger partial charge in [-0.1, -0.05) is 12.1 Å². The van der Waals surface area contributed by atoms with Gasteiger partial charge in [0.05, 0.1) is 5.69 Å². The molecule has 194 valence electrons. The molecule has 2 N–H and O–H groups in total. The molecule has 5 rings (SSSR count). The maximum atomic E-state index is 13.5. The number of halogens is 2. The van der Waals surface area contributed by atoms with Gasteiger partial charge in [0.2, 0.25) is 11.9 Å². The number of nitrogens with one attached hydrogen (secondary N) is 2. The molecule has 1 saturated heterocycles. The minimum atomic E-state index is -0.563. The molecule has 1 amide bonds. The van der Waals surface area contributed by atoms with Crippen LogP contribution in [0.2, 0.25) is 0 Å². The summed E-state index contributed by atoms with van der Waals surface area (Å²) in [6, 6.07) is 11.2. The van der Waals surface area contributed by atoms with Gasteiger partial charge >= 0.3 is 0 Å². The second kappa shape index (κ2) is 10.2. The predicted molar refractivity (Wildman–Crippen MR) is 139 cm³/mol. The zero-order chi connectivity index (χ0) is 26.1. The van der Waals surface area contributed by atoms with Gasteiger partial charge < -0.3 is 25.2 Å². The molecule has 0 aliphatic carbocycles. The van der Waals surface area contributed by atoms with Gasteiger partial charge in [-0.25, -0.2) is 13.8 Å². The maximum absolute atomic E-state index is 13.5. The first-order valence-electron chi connectivity index (χ1n) is 12.4. The SMILES string of the molecule is Cc1nc(NCc2ccc(OC3CCN(c4cc(F)cc(F)c4)CC3)cc2)nc2c1NC(=O)[C@H](C)N2C. The van der Waals surface area contributed by atoms with Gasteiger partial charge in [0.25, 0.3) is 0 Å². The third kappa shape index (κ3) is 5.42. The van der Waals surface area contributed by atoms with E-state index in [0.717, 1.165) is 30.2 Å². The largest absolute Gasteiger partial charge is 0.490 e. The number of carbonyl (C=O) groups is 1. The summed E-state index contributed by atoms with van der Waals surface area (Å²) in [5.74, 6) is 0.776. The first-order chi connectivity index (χ1) is 17.8. The van der Waals surface area contributed by atoms with Crippen LogP contribution >= 0.6 is 0 Å². The Kier molecular flexibility index (Phi) is 6.82. The number of likely N-dealkylation sites (N-methyl/N-ethyl adjacent to an activating group) is 1. The van der Waals surface area contributed by atoms with Gasteiger partial charge in [0.1, 0.15) is 35.2 Å². The van der Waals surface area contributed by atoms with Crippen molar-refractivity contribution in [1.29, 1.82) is 0 Å². The lowest BCUT2D eigenvalue weighted by Gasteiger charge is -2.33. The van der Waals surface area contributed by atoms with Gasteiger partial charge in [0.15, 0.2) is 5.82 Å². The van der Waals surface area contributed by atoms with E-state index in [1.165, 1.54) is 12.1 Å². The van der Waals surface area contributed by atoms with Crippen molar-refractivity contribution in [3.63, 3.8) is 0 Å². The minimum absolute atomic E-state index is 0.0466. The van der Waals surface area contributed by atoms with Crippen LogP contribution in [0.4, 0.5) is 31.9 Å². The number of benzene rings is 2. The van der Waals surface area contributed by atoms with Crippen LogP contribution in [-0.2, 0) is 11.3 Å². The highest BCUT2D eigenvalue weighted by atomic mass is 19.1. The van der Waals surface area contributed by atoms with Gasteiger partial charge in [-0.3, -0.25) is 4.79 Å². The van der Waals surface area contributed by atoms with Crippen molar-refractivity contribution in [3.05, 3.63) is 65.4 Å². The highest BCUT2D eigenvalue weighted by Crippen LogP contribution is 2.32. The number of hydrogen-bond donors (Lipinski definition) is 2. The molecule has 0 bridgehead atoms. The molecule has 37 heavy (non-hydrogen) atoms. The Hall–Kier alpha value is -3.95. The summed E-state index contributed by atoms with van der Waals surface area (Å²) in [6.45, 7) is 5.57. The number of rotatable bonds is 6. The lowest BCUT2D eigenvalue weighted by atomic mass is 10.1. The van der Waals surface area contributed by atoms with Crippen LogP contribution in [0.3, 0.4) is 0 Å². The van der Waals surface area contributed by atoms with E-state index in [1.54, 1.807) is 0 Å². The Balaban J connectivity index is 1.15. The smallest absolute Gasteiger partial charge is 0.246 e. The number of aromatic nitrogens is 2. The quantitative estimate of drug-likeness (QED) is 0.507. The van der Waals surface area contributed by atoms with Crippen LogP contribution in [0.1, 0.15) is 31.0 Å². The number of carbonyl (C=O) groups excluding carboxylic acids is 1. The molecule has 3 heterocycles. The van der Waals surface area contributed by atoms with E-state index in [2.05, 4.69) is 20.6 Å². The van der Waals surface area contributed by atoms with E-state index in [9.17, 15) is 13.6 Å². The van der Waals surface area contributed by atoms with Crippen molar-refractivity contribution in [2.45, 2.75) is 45.4 Å². The maximum Gasteiger partial charge on any atom is 0.246 e. The summed E-state index contributed by atoms with van der Waals surface area (Å²) in [6.07, 6.45) is 1.58. The molecule has 1 fully saturated rings.